The third-order valence-electron chi connectivity index (χ3n) is 2.15. The Morgan fingerprint density at radius 3 is 3.12 bits per heavy atom. The van der Waals surface area contributed by atoms with Gasteiger partial charge in [-0.3, -0.25) is 0 Å². The second-order valence-corrected chi connectivity index (χ2v) is 4.03. The standard InChI is InChI=1S/C11H13N3OS/c1-15-11-6-10(13-8-14-11)12-4-2-9-3-5-16-7-9/h3,5-8H,2,4H2,1H3,(H,12,13,14). The molecule has 0 bridgehead atoms. The summed E-state index contributed by atoms with van der Waals surface area (Å²) in [4.78, 5) is 8.05. The summed E-state index contributed by atoms with van der Waals surface area (Å²) in [5.41, 5.74) is 1.35. The van der Waals surface area contributed by atoms with E-state index in [9.17, 15) is 0 Å². The smallest absolute Gasteiger partial charge is 0.218 e. The van der Waals surface area contributed by atoms with Crippen molar-refractivity contribution < 1.29 is 4.74 Å². The van der Waals surface area contributed by atoms with E-state index in [1.807, 2.05) is 0 Å². The monoisotopic (exact) mass is 235 g/mol. The van der Waals surface area contributed by atoms with Crippen LogP contribution in [0.2, 0.25) is 0 Å². The molecule has 0 spiro atoms. The molecule has 0 aliphatic rings. The summed E-state index contributed by atoms with van der Waals surface area (Å²) < 4.78 is 5.02. The van der Waals surface area contributed by atoms with E-state index in [-0.39, 0.29) is 0 Å². The minimum Gasteiger partial charge on any atom is -0.481 e. The molecule has 5 heteroatoms. The van der Waals surface area contributed by atoms with Gasteiger partial charge in [0.25, 0.3) is 0 Å². The lowest BCUT2D eigenvalue weighted by Gasteiger charge is -2.05. The van der Waals surface area contributed by atoms with Gasteiger partial charge in [0.05, 0.1) is 7.11 Å². The number of nitrogens with zero attached hydrogens (tertiary/aromatic N) is 2. The maximum absolute atomic E-state index is 5.02. The fraction of sp³-hybridized carbons (Fsp3) is 0.273. The van der Waals surface area contributed by atoms with Crippen LogP contribution in [0.15, 0.2) is 29.2 Å². The molecule has 1 N–H and O–H groups in total. The maximum Gasteiger partial charge on any atom is 0.218 e. The second-order valence-electron chi connectivity index (χ2n) is 3.25. The van der Waals surface area contributed by atoms with Crippen molar-refractivity contribution in [3.05, 3.63) is 34.8 Å². The SMILES string of the molecule is COc1cc(NCCc2ccsc2)ncn1. The van der Waals surface area contributed by atoms with Gasteiger partial charge in [0, 0.05) is 12.6 Å². The van der Waals surface area contributed by atoms with Crippen molar-refractivity contribution >= 4 is 17.2 Å². The number of aromatic nitrogens is 2. The van der Waals surface area contributed by atoms with E-state index >= 15 is 0 Å². The summed E-state index contributed by atoms with van der Waals surface area (Å²) in [6, 6.07) is 3.92. The highest BCUT2D eigenvalue weighted by Gasteiger charge is 1.98. The van der Waals surface area contributed by atoms with Crippen LogP contribution in [0.3, 0.4) is 0 Å². The number of rotatable bonds is 5. The third kappa shape index (κ3) is 2.93. The van der Waals surface area contributed by atoms with Gasteiger partial charge in [0.15, 0.2) is 0 Å². The van der Waals surface area contributed by atoms with Crippen LogP contribution in [0.25, 0.3) is 0 Å². The first-order valence-corrected chi connectivity index (χ1v) is 5.94. The molecule has 0 fully saturated rings. The van der Waals surface area contributed by atoms with Crippen molar-refractivity contribution in [1.29, 1.82) is 0 Å². The zero-order valence-electron chi connectivity index (χ0n) is 9.01. The molecule has 84 valence electrons. The first-order valence-electron chi connectivity index (χ1n) is 4.99. The Balaban J connectivity index is 1.85. The molecule has 2 heterocycles. The molecule has 2 aromatic heterocycles. The summed E-state index contributed by atoms with van der Waals surface area (Å²) in [6.45, 7) is 0.858. The van der Waals surface area contributed by atoms with Crippen molar-refractivity contribution in [2.45, 2.75) is 6.42 Å². The molecule has 0 atom stereocenters. The Bertz CT molecular complexity index is 431. The summed E-state index contributed by atoms with van der Waals surface area (Å²) >= 11 is 1.72. The highest BCUT2D eigenvalue weighted by molar-refractivity contribution is 7.07. The summed E-state index contributed by atoms with van der Waals surface area (Å²) in [5.74, 6) is 1.37. The van der Waals surface area contributed by atoms with Crippen LogP contribution in [0.4, 0.5) is 5.82 Å². The van der Waals surface area contributed by atoms with Gasteiger partial charge in [-0.25, -0.2) is 9.97 Å². The molecule has 2 rings (SSSR count). The number of ether oxygens (including phenoxy) is 1. The average Bonchev–Trinajstić information content (AvgIpc) is 2.82. The summed E-state index contributed by atoms with van der Waals surface area (Å²) in [6.07, 6.45) is 2.49. The number of methoxy groups -OCH3 is 1. The van der Waals surface area contributed by atoms with Crippen LogP contribution in [0.1, 0.15) is 5.56 Å². The van der Waals surface area contributed by atoms with Gasteiger partial charge in [-0.05, 0) is 28.8 Å². The molecule has 4 nitrogen and oxygen atoms in total. The predicted octanol–water partition coefficient (Wildman–Crippen LogP) is 2.20. The van der Waals surface area contributed by atoms with Crippen LogP contribution in [-0.2, 0) is 6.42 Å². The normalized spacial score (nSPS) is 10.1. The highest BCUT2D eigenvalue weighted by Crippen LogP contribution is 2.11. The molecular weight excluding hydrogens is 222 g/mol. The van der Waals surface area contributed by atoms with Gasteiger partial charge in [-0.2, -0.15) is 11.3 Å². The van der Waals surface area contributed by atoms with Crippen LogP contribution < -0.4 is 10.1 Å². The van der Waals surface area contributed by atoms with Crippen molar-refractivity contribution in [3.8, 4) is 5.88 Å². The van der Waals surface area contributed by atoms with Gasteiger partial charge >= 0.3 is 0 Å². The van der Waals surface area contributed by atoms with Crippen LogP contribution >= 0.6 is 11.3 Å². The van der Waals surface area contributed by atoms with E-state index in [4.69, 9.17) is 4.74 Å². The van der Waals surface area contributed by atoms with E-state index in [1.165, 1.54) is 11.9 Å². The first-order chi connectivity index (χ1) is 7.88. The quantitative estimate of drug-likeness (QED) is 0.863. The molecule has 0 saturated heterocycles. The highest BCUT2D eigenvalue weighted by atomic mass is 32.1. The lowest BCUT2D eigenvalue weighted by atomic mass is 10.2. The Kier molecular flexibility index (Phi) is 3.71. The zero-order valence-corrected chi connectivity index (χ0v) is 9.83. The first kappa shape index (κ1) is 10.9. The van der Waals surface area contributed by atoms with Gasteiger partial charge in [-0.15, -0.1) is 0 Å². The predicted molar refractivity (Wildman–Crippen MR) is 65.1 cm³/mol. The van der Waals surface area contributed by atoms with Gasteiger partial charge in [0.1, 0.15) is 12.1 Å². The second kappa shape index (κ2) is 5.46. The van der Waals surface area contributed by atoms with E-state index < -0.39 is 0 Å². The molecular formula is C11H13N3OS. The minimum atomic E-state index is 0.577. The van der Waals surface area contributed by atoms with E-state index in [1.54, 1.807) is 24.5 Å². The lowest BCUT2D eigenvalue weighted by Crippen LogP contribution is -2.06. The van der Waals surface area contributed by atoms with Crippen molar-refractivity contribution in [2.75, 3.05) is 19.0 Å². The van der Waals surface area contributed by atoms with Crippen LogP contribution in [-0.4, -0.2) is 23.6 Å². The number of hydrogen-bond acceptors (Lipinski definition) is 5. The Labute approximate surface area is 98.3 Å². The number of thiophene rings is 1. The van der Waals surface area contributed by atoms with Crippen LogP contribution in [0.5, 0.6) is 5.88 Å². The number of nitrogens with one attached hydrogen (secondary N) is 1. The molecule has 0 amide bonds. The zero-order chi connectivity index (χ0) is 11.2. The molecule has 0 saturated carbocycles. The van der Waals surface area contributed by atoms with E-state index in [0.717, 1.165) is 18.8 Å². The largest absolute Gasteiger partial charge is 0.481 e. The van der Waals surface area contributed by atoms with Crippen molar-refractivity contribution in [2.24, 2.45) is 0 Å². The molecule has 0 unspecified atom stereocenters. The van der Waals surface area contributed by atoms with Gasteiger partial charge in [-0.1, -0.05) is 0 Å². The lowest BCUT2D eigenvalue weighted by molar-refractivity contribution is 0.397. The fourth-order valence-electron chi connectivity index (χ4n) is 1.32. The number of anilines is 1. The minimum absolute atomic E-state index is 0.577. The van der Waals surface area contributed by atoms with Crippen LogP contribution in [0, 0.1) is 0 Å². The Morgan fingerprint density at radius 2 is 2.38 bits per heavy atom. The topological polar surface area (TPSA) is 47.0 Å². The molecule has 0 radical (unpaired) electrons. The molecule has 0 aromatic carbocycles. The average molecular weight is 235 g/mol. The van der Waals surface area contributed by atoms with Gasteiger partial charge in [0.2, 0.25) is 5.88 Å². The maximum atomic E-state index is 5.02. The molecule has 16 heavy (non-hydrogen) atoms. The third-order valence-corrected chi connectivity index (χ3v) is 2.88. The Morgan fingerprint density at radius 1 is 1.44 bits per heavy atom. The fourth-order valence-corrected chi connectivity index (χ4v) is 2.02. The molecule has 0 aliphatic carbocycles. The summed E-state index contributed by atoms with van der Waals surface area (Å²) in [7, 11) is 1.59. The molecule has 0 aliphatic heterocycles. The number of hydrogen-bond donors (Lipinski definition) is 1. The van der Waals surface area contributed by atoms with Crippen molar-refractivity contribution in [1.82, 2.24) is 9.97 Å². The Hall–Kier alpha value is -1.62. The van der Waals surface area contributed by atoms with Crippen molar-refractivity contribution in [3.63, 3.8) is 0 Å². The summed E-state index contributed by atoms with van der Waals surface area (Å²) in [5, 5.41) is 7.47. The van der Waals surface area contributed by atoms with E-state index in [0.29, 0.717) is 5.88 Å². The van der Waals surface area contributed by atoms with E-state index in [2.05, 4.69) is 32.1 Å². The van der Waals surface area contributed by atoms with Gasteiger partial charge < -0.3 is 10.1 Å². The molecule has 2 aromatic rings.